The summed E-state index contributed by atoms with van der Waals surface area (Å²) in [4.78, 5) is 0. The van der Waals surface area contributed by atoms with E-state index in [0.717, 1.165) is 12.8 Å². The normalized spacial score (nSPS) is 33.6. The van der Waals surface area contributed by atoms with Gasteiger partial charge in [0.25, 0.3) is 10.1 Å². The van der Waals surface area contributed by atoms with E-state index >= 15 is 0 Å². The molecule has 3 nitrogen and oxygen atoms in total. The van der Waals surface area contributed by atoms with E-state index in [1.54, 1.807) is 0 Å². The van der Waals surface area contributed by atoms with Crippen LogP contribution in [0.15, 0.2) is 0 Å². The maximum Gasteiger partial charge on any atom is 0.269 e. The molecule has 0 heterocycles. The van der Waals surface area contributed by atoms with Crippen LogP contribution in [0.5, 0.6) is 0 Å². The third-order valence-corrected chi connectivity index (χ3v) is 4.01. The summed E-state index contributed by atoms with van der Waals surface area (Å²) in [5, 5.41) is -1.14. The lowest BCUT2D eigenvalue weighted by molar-refractivity contribution is 0.428. The summed E-state index contributed by atoms with van der Waals surface area (Å²) in [6.45, 7) is 0. The van der Waals surface area contributed by atoms with Crippen LogP contribution < -0.4 is 0 Å². The zero-order chi connectivity index (χ0) is 8.48. The Morgan fingerprint density at radius 1 is 1.27 bits per heavy atom. The third-order valence-electron chi connectivity index (χ3n) is 2.00. The molecule has 0 saturated heterocycles. The molecular formula is C6H11ClO3S. The Morgan fingerprint density at radius 2 is 1.82 bits per heavy atom. The summed E-state index contributed by atoms with van der Waals surface area (Å²) in [7, 11) is -3.91. The van der Waals surface area contributed by atoms with Gasteiger partial charge in [-0.05, 0) is 12.8 Å². The Labute approximate surface area is 71.5 Å². The molecule has 1 N–H and O–H groups in total. The van der Waals surface area contributed by atoms with Crippen molar-refractivity contribution in [3.8, 4) is 0 Å². The second-order valence-electron chi connectivity index (χ2n) is 2.85. The van der Waals surface area contributed by atoms with E-state index in [-0.39, 0.29) is 0 Å². The molecule has 1 saturated carbocycles. The van der Waals surface area contributed by atoms with Crippen LogP contribution in [0.25, 0.3) is 0 Å². The highest BCUT2D eigenvalue weighted by molar-refractivity contribution is 7.86. The highest BCUT2D eigenvalue weighted by Gasteiger charge is 2.32. The molecule has 0 aromatic carbocycles. The average Bonchev–Trinajstić information content (AvgIpc) is 1.86. The van der Waals surface area contributed by atoms with E-state index in [9.17, 15) is 8.42 Å². The fraction of sp³-hybridized carbons (Fsp3) is 1.00. The number of hydrogen-bond acceptors (Lipinski definition) is 2. The van der Waals surface area contributed by atoms with Crippen LogP contribution in [0.4, 0.5) is 0 Å². The number of halogens is 1. The van der Waals surface area contributed by atoms with E-state index in [2.05, 4.69) is 0 Å². The van der Waals surface area contributed by atoms with Gasteiger partial charge in [0.05, 0.1) is 5.38 Å². The van der Waals surface area contributed by atoms with Gasteiger partial charge in [-0.15, -0.1) is 11.6 Å². The Kier molecular flexibility index (Phi) is 2.78. The minimum absolute atomic E-state index is 0.404. The van der Waals surface area contributed by atoms with Gasteiger partial charge in [0.2, 0.25) is 0 Å². The quantitative estimate of drug-likeness (QED) is 0.512. The zero-order valence-corrected chi connectivity index (χ0v) is 7.61. The molecule has 0 amide bonds. The van der Waals surface area contributed by atoms with E-state index in [1.807, 2.05) is 0 Å². The third kappa shape index (κ3) is 2.32. The minimum atomic E-state index is -3.91. The second-order valence-corrected chi connectivity index (χ2v) is 5.05. The predicted molar refractivity (Wildman–Crippen MR) is 43.4 cm³/mol. The van der Waals surface area contributed by atoms with Crippen LogP contribution in [0, 0.1) is 0 Å². The van der Waals surface area contributed by atoms with Crippen LogP contribution >= 0.6 is 11.6 Å². The molecule has 66 valence electrons. The van der Waals surface area contributed by atoms with Gasteiger partial charge in [0.1, 0.15) is 5.25 Å². The van der Waals surface area contributed by atoms with Crippen molar-refractivity contribution in [2.75, 3.05) is 0 Å². The van der Waals surface area contributed by atoms with Gasteiger partial charge in [-0.1, -0.05) is 12.8 Å². The summed E-state index contributed by atoms with van der Waals surface area (Å²) in [6.07, 6.45) is 2.98. The van der Waals surface area contributed by atoms with Crippen LogP contribution in [-0.2, 0) is 10.1 Å². The Bertz CT molecular complexity index is 224. The molecule has 0 spiro atoms. The van der Waals surface area contributed by atoms with Crippen LogP contribution in [-0.4, -0.2) is 23.6 Å². The van der Waals surface area contributed by atoms with E-state index < -0.39 is 20.7 Å². The maximum atomic E-state index is 10.7. The molecule has 2 atom stereocenters. The van der Waals surface area contributed by atoms with E-state index in [4.69, 9.17) is 16.2 Å². The number of hydrogen-bond donors (Lipinski definition) is 1. The van der Waals surface area contributed by atoms with Crippen LogP contribution in [0.1, 0.15) is 25.7 Å². The highest BCUT2D eigenvalue weighted by atomic mass is 35.5. The van der Waals surface area contributed by atoms with Gasteiger partial charge in [0.15, 0.2) is 0 Å². The molecule has 1 aliphatic carbocycles. The Hall–Kier alpha value is 0.200. The lowest BCUT2D eigenvalue weighted by Crippen LogP contribution is -2.32. The number of rotatable bonds is 1. The monoisotopic (exact) mass is 198 g/mol. The molecule has 1 rings (SSSR count). The summed E-state index contributed by atoms with van der Waals surface area (Å²) < 4.78 is 30.0. The van der Waals surface area contributed by atoms with Crippen molar-refractivity contribution in [2.24, 2.45) is 0 Å². The predicted octanol–water partition coefficient (Wildman–Crippen LogP) is 1.42. The second kappa shape index (κ2) is 3.29. The fourth-order valence-corrected chi connectivity index (χ4v) is 3.03. The van der Waals surface area contributed by atoms with E-state index in [0.29, 0.717) is 12.8 Å². The van der Waals surface area contributed by atoms with Crippen molar-refractivity contribution in [2.45, 2.75) is 36.3 Å². The molecule has 0 aromatic rings. The minimum Gasteiger partial charge on any atom is -0.285 e. The molecule has 1 fully saturated rings. The van der Waals surface area contributed by atoms with Crippen molar-refractivity contribution in [3.05, 3.63) is 0 Å². The topological polar surface area (TPSA) is 54.4 Å². The van der Waals surface area contributed by atoms with Gasteiger partial charge in [0, 0.05) is 0 Å². The average molecular weight is 199 g/mol. The van der Waals surface area contributed by atoms with Crippen LogP contribution in [0.2, 0.25) is 0 Å². The fourth-order valence-electron chi connectivity index (χ4n) is 1.39. The first-order chi connectivity index (χ1) is 5.02. The van der Waals surface area contributed by atoms with Crippen molar-refractivity contribution < 1.29 is 13.0 Å². The van der Waals surface area contributed by atoms with Gasteiger partial charge >= 0.3 is 0 Å². The molecule has 5 heteroatoms. The lowest BCUT2D eigenvalue weighted by atomic mass is 10.00. The first kappa shape index (κ1) is 9.29. The molecule has 11 heavy (non-hydrogen) atoms. The number of alkyl halides is 1. The molecule has 0 aliphatic heterocycles. The standard InChI is InChI=1S/C6H11ClO3S/c7-5-3-1-2-4-6(5)11(8,9)10/h5-6H,1-4H2,(H,8,9,10)/t5-,6-/m0/s1. The van der Waals surface area contributed by atoms with Crippen molar-refractivity contribution in [1.29, 1.82) is 0 Å². The molecule has 0 unspecified atom stereocenters. The Morgan fingerprint density at radius 3 is 2.18 bits per heavy atom. The Balaban J connectivity index is 2.70. The van der Waals surface area contributed by atoms with Crippen molar-refractivity contribution >= 4 is 21.7 Å². The summed E-state index contributed by atoms with van der Waals surface area (Å²) >= 11 is 5.73. The summed E-state index contributed by atoms with van der Waals surface area (Å²) in [5.41, 5.74) is 0. The SMILES string of the molecule is O=S(=O)(O)[C@H]1CCCC[C@@H]1Cl. The first-order valence-electron chi connectivity index (χ1n) is 3.62. The zero-order valence-electron chi connectivity index (χ0n) is 6.03. The first-order valence-corrected chi connectivity index (χ1v) is 5.56. The molecule has 0 radical (unpaired) electrons. The van der Waals surface area contributed by atoms with E-state index in [1.165, 1.54) is 0 Å². The molecule has 1 aliphatic rings. The summed E-state index contributed by atoms with van der Waals surface area (Å²) in [5.74, 6) is 0. The largest absolute Gasteiger partial charge is 0.285 e. The van der Waals surface area contributed by atoms with Crippen LogP contribution in [0.3, 0.4) is 0 Å². The molecule has 0 aromatic heterocycles. The molecule has 0 bridgehead atoms. The van der Waals surface area contributed by atoms with Gasteiger partial charge in [-0.3, -0.25) is 4.55 Å². The maximum absolute atomic E-state index is 10.7. The van der Waals surface area contributed by atoms with Gasteiger partial charge in [-0.2, -0.15) is 8.42 Å². The highest BCUT2D eigenvalue weighted by Crippen LogP contribution is 2.27. The van der Waals surface area contributed by atoms with Crippen molar-refractivity contribution in [3.63, 3.8) is 0 Å². The smallest absolute Gasteiger partial charge is 0.269 e. The molecular weight excluding hydrogens is 188 g/mol. The lowest BCUT2D eigenvalue weighted by Gasteiger charge is -2.23. The van der Waals surface area contributed by atoms with Gasteiger partial charge < -0.3 is 0 Å². The summed E-state index contributed by atoms with van der Waals surface area (Å²) in [6, 6.07) is 0. The van der Waals surface area contributed by atoms with Gasteiger partial charge in [-0.25, -0.2) is 0 Å². The van der Waals surface area contributed by atoms with Crippen molar-refractivity contribution in [1.82, 2.24) is 0 Å².